The smallest absolute Gasteiger partial charge is 0.245 e. The first-order chi connectivity index (χ1) is 15.9. The molecule has 1 aliphatic heterocycles. The fourth-order valence-corrected chi connectivity index (χ4v) is 5.51. The molecule has 2 heterocycles. The van der Waals surface area contributed by atoms with E-state index in [0.717, 1.165) is 16.7 Å². The van der Waals surface area contributed by atoms with Gasteiger partial charge in [-0.1, -0.05) is 12.1 Å². The predicted octanol–water partition coefficient (Wildman–Crippen LogP) is 2.89. The van der Waals surface area contributed by atoms with Gasteiger partial charge < -0.3 is 10.1 Å². The van der Waals surface area contributed by atoms with Crippen LogP contribution < -0.4 is 10.1 Å². The van der Waals surface area contributed by atoms with Gasteiger partial charge >= 0.3 is 0 Å². The standard InChI is InChI=1S/C24H28N4O4S/c1-3-32-21-9-7-20(8-10-21)26-23(29)17-27-11-13-28(14-12-27)33(30,31)22-6-4-5-19-15-18(2)16-25-24(19)22/h4-10,15-16H,3,11-14,17H2,1-2H3,(H,26,29). The third-order valence-corrected chi connectivity index (χ3v) is 7.51. The van der Waals surface area contributed by atoms with Crippen molar-refractivity contribution in [2.75, 3.05) is 44.6 Å². The summed E-state index contributed by atoms with van der Waals surface area (Å²) in [5.41, 5.74) is 2.16. The van der Waals surface area contributed by atoms with Gasteiger partial charge in [0.2, 0.25) is 15.9 Å². The van der Waals surface area contributed by atoms with Crippen molar-refractivity contribution in [1.29, 1.82) is 0 Å². The number of hydrogen-bond donors (Lipinski definition) is 1. The summed E-state index contributed by atoms with van der Waals surface area (Å²) in [6.07, 6.45) is 1.68. The number of piperazine rings is 1. The minimum Gasteiger partial charge on any atom is -0.494 e. The molecule has 0 aliphatic carbocycles. The zero-order chi connectivity index (χ0) is 23.4. The number of rotatable bonds is 7. The summed E-state index contributed by atoms with van der Waals surface area (Å²) < 4.78 is 33.5. The molecule has 0 spiro atoms. The number of nitrogens with one attached hydrogen (secondary N) is 1. The van der Waals surface area contributed by atoms with Crippen LogP contribution in [0.2, 0.25) is 0 Å². The molecule has 33 heavy (non-hydrogen) atoms. The van der Waals surface area contributed by atoms with Crippen LogP contribution in [-0.2, 0) is 14.8 Å². The fourth-order valence-electron chi connectivity index (χ4n) is 3.92. The van der Waals surface area contributed by atoms with Gasteiger partial charge in [-0.25, -0.2) is 8.42 Å². The van der Waals surface area contributed by atoms with Crippen molar-refractivity contribution in [3.63, 3.8) is 0 Å². The number of aryl methyl sites for hydroxylation is 1. The molecule has 4 rings (SSSR count). The number of fused-ring (bicyclic) bond motifs is 1. The van der Waals surface area contributed by atoms with Crippen molar-refractivity contribution < 1.29 is 17.9 Å². The van der Waals surface area contributed by atoms with E-state index in [9.17, 15) is 13.2 Å². The average molecular weight is 469 g/mol. The Labute approximate surface area is 194 Å². The zero-order valence-electron chi connectivity index (χ0n) is 18.8. The van der Waals surface area contributed by atoms with Gasteiger partial charge in [-0.15, -0.1) is 0 Å². The van der Waals surface area contributed by atoms with Crippen LogP contribution in [0.1, 0.15) is 12.5 Å². The molecule has 1 N–H and O–H groups in total. The SMILES string of the molecule is CCOc1ccc(NC(=O)CN2CCN(S(=O)(=O)c3cccc4cc(C)cnc34)CC2)cc1. The van der Waals surface area contributed by atoms with Crippen LogP contribution in [0.15, 0.2) is 59.6 Å². The molecule has 1 saturated heterocycles. The summed E-state index contributed by atoms with van der Waals surface area (Å²) in [4.78, 5) is 19.0. The van der Waals surface area contributed by atoms with Gasteiger partial charge in [0.15, 0.2) is 0 Å². The number of para-hydroxylation sites is 1. The highest BCUT2D eigenvalue weighted by atomic mass is 32.2. The van der Waals surface area contributed by atoms with E-state index < -0.39 is 10.0 Å². The Balaban J connectivity index is 1.36. The number of hydrogen-bond acceptors (Lipinski definition) is 6. The highest BCUT2D eigenvalue weighted by molar-refractivity contribution is 7.89. The second-order valence-corrected chi connectivity index (χ2v) is 9.93. The van der Waals surface area contributed by atoms with E-state index in [0.29, 0.717) is 44.0 Å². The van der Waals surface area contributed by atoms with Gasteiger partial charge in [0, 0.05) is 43.4 Å². The van der Waals surface area contributed by atoms with Crippen LogP contribution in [0.25, 0.3) is 10.9 Å². The number of ether oxygens (including phenoxy) is 1. The van der Waals surface area contributed by atoms with E-state index in [1.54, 1.807) is 30.5 Å². The van der Waals surface area contributed by atoms with Gasteiger partial charge in [-0.3, -0.25) is 14.7 Å². The largest absolute Gasteiger partial charge is 0.494 e. The minimum absolute atomic E-state index is 0.135. The summed E-state index contributed by atoms with van der Waals surface area (Å²) in [5.74, 6) is 0.619. The number of aromatic nitrogens is 1. The van der Waals surface area contributed by atoms with Crippen molar-refractivity contribution in [3.8, 4) is 5.75 Å². The normalized spacial score (nSPS) is 15.5. The van der Waals surface area contributed by atoms with Gasteiger partial charge in [-0.05, 0) is 55.8 Å². The molecule has 9 heteroatoms. The lowest BCUT2D eigenvalue weighted by atomic mass is 10.2. The molecule has 0 radical (unpaired) electrons. The van der Waals surface area contributed by atoms with E-state index in [2.05, 4.69) is 10.3 Å². The Hall–Kier alpha value is -3.01. The highest BCUT2D eigenvalue weighted by Crippen LogP contribution is 2.25. The fraction of sp³-hybridized carbons (Fsp3) is 0.333. The number of carbonyl (C=O) groups is 1. The summed E-state index contributed by atoms with van der Waals surface area (Å²) in [6.45, 7) is 6.24. The van der Waals surface area contributed by atoms with Crippen LogP contribution in [0.3, 0.4) is 0 Å². The van der Waals surface area contributed by atoms with Gasteiger partial charge in [-0.2, -0.15) is 4.31 Å². The van der Waals surface area contributed by atoms with Crippen molar-refractivity contribution in [2.24, 2.45) is 0 Å². The Kier molecular flexibility index (Phi) is 6.92. The van der Waals surface area contributed by atoms with Crippen molar-refractivity contribution >= 4 is 32.5 Å². The predicted molar refractivity (Wildman–Crippen MR) is 128 cm³/mol. The molecule has 0 bridgehead atoms. The van der Waals surface area contributed by atoms with Gasteiger partial charge in [0.05, 0.1) is 18.7 Å². The second-order valence-electron chi connectivity index (χ2n) is 8.03. The van der Waals surface area contributed by atoms with E-state index in [4.69, 9.17) is 4.74 Å². The second kappa shape index (κ2) is 9.86. The Morgan fingerprint density at radius 1 is 1.09 bits per heavy atom. The maximum Gasteiger partial charge on any atom is 0.245 e. The molecule has 0 unspecified atom stereocenters. The van der Waals surface area contributed by atoms with Crippen molar-refractivity contribution in [3.05, 3.63) is 60.3 Å². The van der Waals surface area contributed by atoms with Crippen LogP contribution >= 0.6 is 0 Å². The zero-order valence-corrected chi connectivity index (χ0v) is 19.6. The summed E-state index contributed by atoms with van der Waals surface area (Å²) in [5, 5.41) is 3.68. The molecule has 1 fully saturated rings. The quantitative estimate of drug-likeness (QED) is 0.573. The molecule has 3 aromatic rings. The van der Waals surface area contributed by atoms with Crippen molar-refractivity contribution in [2.45, 2.75) is 18.7 Å². The molecular formula is C24H28N4O4S. The maximum atomic E-state index is 13.3. The van der Waals surface area contributed by atoms with Crippen LogP contribution in [-0.4, -0.2) is 67.8 Å². The van der Waals surface area contributed by atoms with E-state index in [1.807, 2.05) is 43.0 Å². The summed E-state index contributed by atoms with van der Waals surface area (Å²) in [6, 6.07) is 14.4. The van der Waals surface area contributed by atoms with E-state index in [1.165, 1.54) is 4.31 Å². The van der Waals surface area contributed by atoms with Gasteiger partial charge in [0.25, 0.3) is 0 Å². The number of carbonyl (C=O) groups excluding carboxylic acids is 1. The van der Waals surface area contributed by atoms with Crippen molar-refractivity contribution in [1.82, 2.24) is 14.2 Å². The van der Waals surface area contributed by atoms with Crippen LogP contribution in [0, 0.1) is 6.92 Å². The van der Waals surface area contributed by atoms with E-state index >= 15 is 0 Å². The Morgan fingerprint density at radius 3 is 2.52 bits per heavy atom. The highest BCUT2D eigenvalue weighted by Gasteiger charge is 2.30. The molecule has 1 amide bonds. The first kappa shape index (κ1) is 23.2. The molecular weight excluding hydrogens is 440 g/mol. The van der Waals surface area contributed by atoms with E-state index in [-0.39, 0.29) is 17.3 Å². The number of amides is 1. The molecule has 0 saturated carbocycles. The minimum atomic E-state index is -3.68. The lowest BCUT2D eigenvalue weighted by Gasteiger charge is -2.33. The van der Waals surface area contributed by atoms with Crippen LogP contribution in [0.4, 0.5) is 5.69 Å². The molecule has 0 atom stereocenters. The number of nitrogens with zero attached hydrogens (tertiary/aromatic N) is 3. The monoisotopic (exact) mass is 468 g/mol. The Bertz CT molecular complexity index is 1240. The number of benzene rings is 2. The molecule has 1 aliphatic rings. The first-order valence-corrected chi connectivity index (χ1v) is 12.4. The van der Waals surface area contributed by atoms with Gasteiger partial charge in [0.1, 0.15) is 10.6 Å². The molecule has 8 nitrogen and oxygen atoms in total. The number of pyridine rings is 1. The third kappa shape index (κ3) is 5.32. The summed E-state index contributed by atoms with van der Waals surface area (Å²) >= 11 is 0. The summed E-state index contributed by atoms with van der Waals surface area (Å²) in [7, 11) is -3.68. The third-order valence-electron chi connectivity index (χ3n) is 5.58. The van der Waals surface area contributed by atoms with Crippen LogP contribution in [0.5, 0.6) is 5.75 Å². The lowest BCUT2D eigenvalue weighted by molar-refractivity contribution is -0.117. The molecule has 174 valence electrons. The maximum absolute atomic E-state index is 13.3. The first-order valence-electron chi connectivity index (χ1n) is 11.0. The average Bonchev–Trinajstić information content (AvgIpc) is 2.80. The number of sulfonamides is 1. The topological polar surface area (TPSA) is 91.8 Å². The molecule has 2 aromatic carbocycles. The Morgan fingerprint density at radius 2 is 1.82 bits per heavy atom. The lowest BCUT2D eigenvalue weighted by Crippen LogP contribution is -2.50. The molecule has 1 aromatic heterocycles. The number of anilines is 1.